The van der Waals surface area contributed by atoms with Gasteiger partial charge in [-0.15, -0.1) is 0 Å². The van der Waals surface area contributed by atoms with Crippen LogP contribution >= 0.6 is 0 Å². The summed E-state index contributed by atoms with van der Waals surface area (Å²) in [6.07, 6.45) is 7.10. The van der Waals surface area contributed by atoms with Gasteiger partial charge in [-0.1, -0.05) is 26.3 Å². The third-order valence-corrected chi connectivity index (χ3v) is 3.45. The van der Waals surface area contributed by atoms with Gasteiger partial charge in [-0.25, -0.2) is 4.98 Å². The van der Waals surface area contributed by atoms with Gasteiger partial charge in [0.1, 0.15) is 5.82 Å². The van der Waals surface area contributed by atoms with E-state index in [9.17, 15) is 0 Å². The van der Waals surface area contributed by atoms with Gasteiger partial charge in [0.2, 0.25) is 0 Å². The Morgan fingerprint density at radius 2 is 2.22 bits per heavy atom. The number of nitrogens with one attached hydrogen (secondary N) is 1. The summed E-state index contributed by atoms with van der Waals surface area (Å²) in [7, 11) is 0. The minimum absolute atomic E-state index is 0.742. The highest BCUT2D eigenvalue weighted by Crippen LogP contribution is 2.32. The molecule has 0 spiro atoms. The van der Waals surface area contributed by atoms with Crippen LogP contribution in [0, 0.1) is 0 Å². The van der Waals surface area contributed by atoms with Gasteiger partial charge in [-0.3, -0.25) is 0 Å². The lowest BCUT2D eigenvalue weighted by Gasteiger charge is -2.25. The van der Waals surface area contributed by atoms with Gasteiger partial charge >= 0.3 is 0 Å². The van der Waals surface area contributed by atoms with Crippen molar-refractivity contribution in [2.45, 2.75) is 52.1 Å². The van der Waals surface area contributed by atoms with Crippen molar-refractivity contribution in [2.24, 2.45) is 0 Å². The third-order valence-electron chi connectivity index (χ3n) is 3.45. The molecule has 3 nitrogen and oxygen atoms in total. The SMILES string of the molecule is CCCCN(c1ncccc1CNCC)C1CC1. The van der Waals surface area contributed by atoms with Crippen LogP contribution < -0.4 is 10.2 Å². The van der Waals surface area contributed by atoms with Crippen molar-refractivity contribution < 1.29 is 0 Å². The summed E-state index contributed by atoms with van der Waals surface area (Å²) >= 11 is 0. The molecule has 0 atom stereocenters. The average Bonchev–Trinajstić information content (AvgIpc) is 3.22. The van der Waals surface area contributed by atoms with E-state index in [1.165, 1.54) is 37.1 Å². The van der Waals surface area contributed by atoms with Crippen LogP contribution in [0.25, 0.3) is 0 Å². The largest absolute Gasteiger partial charge is 0.353 e. The lowest BCUT2D eigenvalue weighted by molar-refractivity contribution is 0.683. The van der Waals surface area contributed by atoms with E-state index in [0.29, 0.717) is 0 Å². The van der Waals surface area contributed by atoms with Crippen molar-refractivity contribution in [3.63, 3.8) is 0 Å². The molecule has 0 aliphatic heterocycles. The van der Waals surface area contributed by atoms with Crippen molar-refractivity contribution in [2.75, 3.05) is 18.0 Å². The van der Waals surface area contributed by atoms with Crippen LogP contribution in [-0.2, 0) is 6.54 Å². The highest BCUT2D eigenvalue weighted by atomic mass is 15.2. The number of rotatable bonds is 8. The summed E-state index contributed by atoms with van der Waals surface area (Å²) in [6, 6.07) is 4.99. The molecule has 0 aromatic carbocycles. The predicted molar refractivity (Wildman–Crippen MR) is 76.9 cm³/mol. The summed E-state index contributed by atoms with van der Waals surface area (Å²) in [5, 5.41) is 3.41. The minimum atomic E-state index is 0.742. The number of nitrogens with zero attached hydrogens (tertiary/aromatic N) is 2. The summed E-state index contributed by atoms with van der Waals surface area (Å²) < 4.78 is 0. The minimum Gasteiger partial charge on any atom is -0.353 e. The first-order chi connectivity index (χ1) is 8.86. The standard InChI is InChI=1S/C15H25N3/c1-3-5-11-18(14-8-9-14)15-13(12-16-4-2)7-6-10-17-15/h6-7,10,14,16H,3-5,8-9,11-12H2,1-2H3. The maximum absolute atomic E-state index is 4.63. The van der Waals surface area contributed by atoms with E-state index in [0.717, 1.165) is 25.7 Å². The molecule has 1 N–H and O–H groups in total. The summed E-state index contributed by atoms with van der Waals surface area (Å²) in [5.74, 6) is 1.20. The maximum Gasteiger partial charge on any atom is 0.133 e. The van der Waals surface area contributed by atoms with Crippen LogP contribution in [0.15, 0.2) is 18.3 Å². The molecule has 1 aliphatic carbocycles. The molecule has 1 aromatic rings. The van der Waals surface area contributed by atoms with Crippen LogP contribution in [0.1, 0.15) is 45.1 Å². The lowest BCUT2D eigenvalue weighted by Crippen LogP contribution is -2.29. The molecule has 1 heterocycles. The molecule has 1 aromatic heterocycles. The van der Waals surface area contributed by atoms with Gasteiger partial charge in [-0.05, 0) is 31.9 Å². The van der Waals surface area contributed by atoms with Gasteiger partial charge < -0.3 is 10.2 Å². The Kier molecular flexibility index (Phi) is 5.00. The molecule has 2 rings (SSSR count). The van der Waals surface area contributed by atoms with Crippen molar-refractivity contribution in [1.29, 1.82) is 0 Å². The van der Waals surface area contributed by atoms with E-state index in [1.54, 1.807) is 0 Å². The zero-order chi connectivity index (χ0) is 12.8. The van der Waals surface area contributed by atoms with Gasteiger partial charge in [0.15, 0.2) is 0 Å². The van der Waals surface area contributed by atoms with Crippen LogP contribution in [0.5, 0.6) is 0 Å². The molecule has 1 fully saturated rings. The van der Waals surface area contributed by atoms with Crippen molar-refractivity contribution in [3.8, 4) is 0 Å². The van der Waals surface area contributed by atoms with Crippen LogP contribution in [-0.4, -0.2) is 24.1 Å². The van der Waals surface area contributed by atoms with Crippen LogP contribution in [0.4, 0.5) is 5.82 Å². The molecular weight excluding hydrogens is 222 g/mol. The number of hydrogen-bond acceptors (Lipinski definition) is 3. The summed E-state index contributed by atoms with van der Waals surface area (Å²) in [5.41, 5.74) is 1.34. The topological polar surface area (TPSA) is 28.2 Å². The molecule has 0 unspecified atom stereocenters. The van der Waals surface area contributed by atoms with Crippen molar-refractivity contribution in [1.82, 2.24) is 10.3 Å². The summed E-state index contributed by atoms with van der Waals surface area (Å²) in [6.45, 7) is 7.48. The van der Waals surface area contributed by atoms with E-state index in [-0.39, 0.29) is 0 Å². The maximum atomic E-state index is 4.63. The van der Waals surface area contributed by atoms with E-state index in [4.69, 9.17) is 0 Å². The fraction of sp³-hybridized carbons (Fsp3) is 0.667. The Hall–Kier alpha value is -1.09. The molecule has 0 amide bonds. The number of aromatic nitrogens is 1. The number of anilines is 1. The monoisotopic (exact) mass is 247 g/mol. The zero-order valence-electron chi connectivity index (χ0n) is 11.7. The average molecular weight is 247 g/mol. The van der Waals surface area contributed by atoms with Crippen molar-refractivity contribution in [3.05, 3.63) is 23.9 Å². The molecule has 18 heavy (non-hydrogen) atoms. The molecule has 1 saturated carbocycles. The second-order valence-corrected chi connectivity index (χ2v) is 5.04. The van der Waals surface area contributed by atoms with Crippen LogP contribution in [0.3, 0.4) is 0 Å². The number of hydrogen-bond donors (Lipinski definition) is 1. The second-order valence-electron chi connectivity index (χ2n) is 5.04. The molecule has 0 saturated heterocycles. The highest BCUT2D eigenvalue weighted by molar-refractivity contribution is 5.48. The molecule has 0 radical (unpaired) electrons. The molecule has 100 valence electrons. The molecule has 0 bridgehead atoms. The van der Waals surface area contributed by atoms with E-state index < -0.39 is 0 Å². The zero-order valence-corrected chi connectivity index (χ0v) is 11.7. The molecular formula is C15H25N3. The Bertz CT molecular complexity index is 361. The van der Waals surface area contributed by atoms with Crippen LogP contribution in [0.2, 0.25) is 0 Å². The first kappa shape index (κ1) is 13.3. The highest BCUT2D eigenvalue weighted by Gasteiger charge is 2.30. The smallest absolute Gasteiger partial charge is 0.133 e. The number of unbranched alkanes of at least 4 members (excludes halogenated alkanes) is 1. The second kappa shape index (κ2) is 6.74. The molecule has 1 aliphatic rings. The first-order valence-electron chi connectivity index (χ1n) is 7.28. The third kappa shape index (κ3) is 3.45. The van der Waals surface area contributed by atoms with Gasteiger partial charge in [0.25, 0.3) is 0 Å². The van der Waals surface area contributed by atoms with Gasteiger partial charge in [0, 0.05) is 30.9 Å². The Morgan fingerprint density at radius 1 is 1.39 bits per heavy atom. The van der Waals surface area contributed by atoms with Crippen molar-refractivity contribution >= 4 is 5.82 Å². The van der Waals surface area contributed by atoms with E-state index in [2.05, 4.69) is 35.1 Å². The molecule has 3 heteroatoms. The predicted octanol–water partition coefficient (Wildman–Crippen LogP) is 2.96. The Balaban J connectivity index is 2.12. The lowest BCUT2D eigenvalue weighted by atomic mass is 10.2. The first-order valence-corrected chi connectivity index (χ1v) is 7.28. The fourth-order valence-corrected chi connectivity index (χ4v) is 2.26. The fourth-order valence-electron chi connectivity index (χ4n) is 2.26. The Labute approximate surface area is 111 Å². The quantitative estimate of drug-likeness (QED) is 0.765. The van der Waals surface area contributed by atoms with Gasteiger partial charge in [0.05, 0.1) is 0 Å². The van der Waals surface area contributed by atoms with Gasteiger partial charge in [-0.2, -0.15) is 0 Å². The summed E-state index contributed by atoms with van der Waals surface area (Å²) in [4.78, 5) is 7.16. The Morgan fingerprint density at radius 3 is 2.89 bits per heavy atom. The normalized spacial score (nSPS) is 14.8. The number of pyridine rings is 1. The van der Waals surface area contributed by atoms with E-state index in [1.807, 2.05) is 12.3 Å². The van der Waals surface area contributed by atoms with E-state index >= 15 is 0 Å².